The Balaban J connectivity index is 3.83. The summed E-state index contributed by atoms with van der Waals surface area (Å²) in [6.07, 6.45) is 11.1. The van der Waals surface area contributed by atoms with Gasteiger partial charge in [-0.15, -0.1) is 0 Å². The van der Waals surface area contributed by atoms with Crippen molar-refractivity contribution in [1.29, 1.82) is 0 Å². The number of ether oxygens (including phenoxy) is 1. The lowest BCUT2D eigenvalue weighted by atomic mass is 10.1. The molecule has 0 aliphatic rings. The van der Waals surface area contributed by atoms with Crippen LogP contribution in [0, 0.1) is 0 Å². The van der Waals surface area contributed by atoms with Gasteiger partial charge in [0, 0.05) is 0 Å². The third-order valence-corrected chi connectivity index (χ3v) is 3.66. The van der Waals surface area contributed by atoms with Gasteiger partial charge in [-0.05, 0) is 59.8 Å². The smallest absolute Gasteiger partial charge is 0.350 e. The maximum atomic E-state index is 10.6. The second-order valence-electron chi connectivity index (χ2n) is 5.95. The van der Waals surface area contributed by atoms with Gasteiger partial charge in [0.25, 0.3) is 0 Å². The molecular formula is C17H31O4P. The van der Waals surface area contributed by atoms with Crippen molar-refractivity contribution in [2.75, 3.05) is 13.0 Å². The minimum Gasteiger partial charge on any atom is -0.369 e. The average Bonchev–Trinajstić information content (AvgIpc) is 2.36. The molecule has 0 aliphatic carbocycles. The number of hydrogen-bond acceptors (Lipinski definition) is 2. The first-order chi connectivity index (χ1) is 10.2. The van der Waals surface area contributed by atoms with Crippen molar-refractivity contribution in [1.82, 2.24) is 0 Å². The van der Waals surface area contributed by atoms with Crippen LogP contribution in [0.5, 0.6) is 0 Å². The third kappa shape index (κ3) is 15.7. The summed E-state index contributed by atoms with van der Waals surface area (Å²) in [5.74, 6) is 0. The molecule has 0 atom stereocenters. The highest BCUT2D eigenvalue weighted by Crippen LogP contribution is 2.33. The van der Waals surface area contributed by atoms with E-state index in [1.807, 2.05) is 0 Å². The second-order valence-corrected chi connectivity index (χ2v) is 7.54. The van der Waals surface area contributed by atoms with Crippen LogP contribution in [0.3, 0.4) is 0 Å². The maximum Gasteiger partial charge on any atom is 0.350 e. The number of allylic oxidation sites excluding steroid dienone is 5. The molecule has 0 fully saturated rings. The molecule has 0 radical (unpaired) electrons. The van der Waals surface area contributed by atoms with E-state index in [1.165, 1.54) is 16.7 Å². The summed E-state index contributed by atoms with van der Waals surface area (Å²) < 4.78 is 15.5. The Labute approximate surface area is 135 Å². The molecule has 0 saturated heterocycles. The highest BCUT2D eigenvalue weighted by atomic mass is 31.2. The fourth-order valence-corrected chi connectivity index (χ4v) is 2.28. The zero-order chi connectivity index (χ0) is 17.0. The van der Waals surface area contributed by atoms with Crippen molar-refractivity contribution in [2.24, 2.45) is 0 Å². The minimum absolute atomic E-state index is 0.347. The molecule has 128 valence electrons. The molecule has 4 nitrogen and oxygen atoms in total. The van der Waals surface area contributed by atoms with Gasteiger partial charge in [-0.2, -0.15) is 0 Å². The topological polar surface area (TPSA) is 66.8 Å². The van der Waals surface area contributed by atoms with Crippen LogP contribution in [-0.2, 0) is 9.30 Å². The Morgan fingerprint density at radius 3 is 1.91 bits per heavy atom. The van der Waals surface area contributed by atoms with Crippen LogP contribution in [0.25, 0.3) is 0 Å². The van der Waals surface area contributed by atoms with Crippen LogP contribution in [0.4, 0.5) is 0 Å². The molecule has 0 unspecified atom stereocenters. The first-order valence-corrected chi connectivity index (χ1v) is 9.57. The normalized spacial score (nSPS) is 13.4. The van der Waals surface area contributed by atoms with E-state index in [9.17, 15) is 4.57 Å². The lowest BCUT2D eigenvalue weighted by Gasteiger charge is -2.04. The molecule has 22 heavy (non-hydrogen) atoms. The summed E-state index contributed by atoms with van der Waals surface area (Å²) in [7, 11) is -4.03. The zero-order valence-corrected chi connectivity index (χ0v) is 15.2. The second kappa shape index (κ2) is 11.8. The molecule has 5 heteroatoms. The van der Waals surface area contributed by atoms with Crippen LogP contribution in [0.1, 0.15) is 59.8 Å². The summed E-state index contributed by atoms with van der Waals surface area (Å²) in [5.41, 5.74) is 4.08. The van der Waals surface area contributed by atoms with E-state index >= 15 is 0 Å². The van der Waals surface area contributed by atoms with E-state index in [1.54, 1.807) is 0 Å². The van der Waals surface area contributed by atoms with E-state index in [2.05, 4.69) is 45.9 Å². The number of hydrogen-bond donors (Lipinski definition) is 2. The lowest BCUT2D eigenvalue weighted by molar-refractivity contribution is 0.161. The van der Waals surface area contributed by atoms with E-state index < -0.39 is 13.9 Å². The van der Waals surface area contributed by atoms with Crippen LogP contribution in [-0.4, -0.2) is 22.7 Å². The zero-order valence-electron chi connectivity index (χ0n) is 14.3. The van der Waals surface area contributed by atoms with Gasteiger partial charge in [-0.3, -0.25) is 4.57 Å². The fraction of sp³-hybridized carbons (Fsp3) is 0.647. The van der Waals surface area contributed by atoms with Crippen LogP contribution in [0.15, 0.2) is 34.9 Å². The van der Waals surface area contributed by atoms with Gasteiger partial charge in [-0.25, -0.2) is 0 Å². The fourth-order valence-electron chi connectivity index (χ4n) is 1.91. The predicted molar refractivity (Wildman–Crippen MR) is 92.9 cm³/mol. The van der Waals surface area contributed by atoms with Gasteiger partial charge in [-0.1, -0.05) is 34.9 Å². The SMILES string of the molecule is CC(C)=CCCC(C)=CCCC(C)=CCCOCP(=O)(O)O. The molecule has 0 spiro atoms. The number of rotatable bonds is 11. The predicted octanol–water partition coefficient (Wildman–Crippen LogP) is 4.95. The molecule has 0 saturated carbocycles. The Morgan fingerprint density at radius 2 is 1.41 bits per heavy atom. The summed E-state index contributed by atoms with van der Waals surface area (Å²) in [4.78, 5) is 17.3. The Hall–Kier alpha value is -0.670. The van der Waals surface area contributed by atoms with Crippen LogP contribution < -0.4 is 0 Å². The molecule has 0 bridgehead atoms. The largest absolute Gasteiger partial charge is 0.369 e. The van der Waals surface area contributed by atoms with Gasteiger partial charge in [0.05, 0.1) is 6.61 Å². The maximum absolute atomic E-state index is 10.6. The monoisotopic (exact) mass is 330 g/mol. The summed E-state index contributed by atoms with van der Waals surface area (Å²) in [6, 6.07) is 0. The first kappa shape index (κ1) is 21.3. The lowest BCUT2D eigenvalue weighted by Crippen LogP contribution is -1.96. The van der Waals surface area contributed by atoms with E-state index in [4.69, 9.17) is 14.5 Å². The molecule has 0 amide bonds. The third-order valence-electron chi connectivity index (χ3n) is 3.14. The molecule has 0 rings (SSSR count). The quantitative estimate of drug-likeness (QED) is 0.320. The first-order valence-electron chi connectivity index (χ1n) is 7.77. The molecule has 0 aromatic heterocycles. The Kier molecular flexibility index (Phi) is 11.5. The van der Waals surface area contributed by atoms with Crippen molar-refractivity contribution < 1.29 is 19.1 Å². The van der Waals surface area contributed by atoms with Crippen molar-refractivity contribution in [2.45, 2.75) is 59.8 Å². The summed E-state index contributed by atoms with van der Waals surface area (Å²) in [5, 5.41) is 0. The van der Waals surface area contributed by atoms with Crippen molar-refractivity contribution in [3.63, 3.8) is 0 Å². The van der Waals surface area contributed by atoms with E-state index in [0.717, 1.165) is 25.7 Å². The minimum atomic E-state index is -4.03. The molecule has 0 aliphatic heterocycles. The van der Waals surface area contributed by atoms with Crippen molar-refractivity contribution >= 4 is 7.60 Å². The molecule has 2 N–H and O–H groups in total. The standard InChI is InChI=1S/C17H31O4P/c1-15(2)8-5-9-16(3)10-6-11-17(4)12-7-13-21-14-22(18,19)20/h8,10,12H,5-7,9,11,13-14H2,1-4H3,(H2,18,19,20). The molecule has 0 heterocycles. The molecule has 0 aromatic carbocycles. The summed E-state index contributed by atoms with van der Waals surface area (Å²) >= 11 is 0. The van der Waals surface area contributed by atoms with Gasteiger partial charge < -0.3 is 14.5 Å². The van der Waals surface area contributed by atoms with E-state index in [0.29, 0.717) is 13.0 Å². The summed E-state index contributed by atoms with van der Waals surface area (Å²) in [6.45, 7) is 8.84. The average molecular weight is 330 g/mol. The van der Waals surface area contributed by atoms with Gasteiger partial charge in [0.1, 0.15) is 6.35 Å². The highest BCUT2D eigenvalue weighted by molar-refractivity contribution is 7.51. The van der Waals surface area contributed by atoms with Gasteiger partial charge in [0.2, 0.25) is 0 Å². The molecule has 0 aromatic rings. The van der Waals surface area contributed by atoms with Gasteiger partial charge >= 0.3 is 7.60 Å². The van der Waals surface area contributed by atoms with Crippen LogP contribution in [0.2, 0.25) is 0 Å². The van der Waals surface area contributed by atoms with E-state index in [-0.39, 0.29) is 0 Å². The molecular weight excluding hydrogens is 299 g/mol. The highest BCUT2D eigenvalue weighted by Gasteiger charge is 2.11. The van der Waals surface area contributed by atoms with Crippen molar-refractivity contribution in [3.05, 3.63) is 34.9 Å². The van der Waals surface area contributed by atoms with Crippen LogP contribution >= 0.6 is 7.60 Å². The Bertz CT molecular complexity index is 440. The Morgan fingerprint density at radius 1 is 0.909 bits per heavy atom. The van der Waals surface area contributed by atoms with Crippen molar-refractivity contribution in [3.8, 4) is 0 Å². The van der Waals surface area contributed by atoms with Gasteiger partial charge in [0.15, 0.2) is 0 Å².